The summed E-state index contributed by atoms with van der Waals surface area (Å²) in [7, 11) is -6.00. The summed E-state index contributed by atoms with van der Waals surface area (Å²) in [5.74, 6) is 0. The normalized spacial score (nSPS) is 15.6. The second-order valence-electron chi connectivity index (χ2n) is 1.50. The van der Waals surface area contributed by atoms with Crippen molar-refractivity contribution in [1.82, 2.24) is 5.43 Å². The van der Waals surface area contributed by atoms with Crippen LogP contribution in [0.15, 0.2) is 12.3 Å². The molecule has 0 aromatic rings. The van der Waals surface area contributed by atoms with Crippen LogP contribution < -0.4 is 10.9 Å². The van der Waals surface area contributed by atoms with Gasteiger partial charge < -0.3 is 17.3 Å². The Balaban J connectivity index is 0.000000162. The molecule has 0 spiro atoms. The molecule has 0 atom stereocenters. The second kappa shape index (κ2) is 4.16. The monoisotopic (exact) mass is 158 g/mol. The maximum atomic E-state index is 9.75. The number of nitrogens with one attached hydrogen (secondary N) is 1. The lowest BCUT2D eigenvalue weighted by Crippen LogP contribution is -2.89. The molecule has 0 aromatic carbocycles. The van der Waals surface area contributed by atoms with Crippen LogP contribution in [0, 0.1) is 0 Å². The van der Waals surface area contributed by atoms with Gasteiger partial charge in [-0.1, -0.05) is 0 Å². The largest absolute Gasteiger partial charge is 0.673 e. The van der Waals surface area contributed by atoms with Crippen LogP contribution in [0.25, 0.3) is 0 Å². The summed E-state index contributed by atoms with van der Waals surface area (Å²) in [5, 5.41) is 0. The molecule has 0 bridgehead atoms. The summed E-state index contributed by atoms with van der Waals surface area (Å²) >= 11 is 0. The standard InChI is InChI=1S/C3H6N2.BF4/c1-2-4-5-3-1;2-1(3,4)5/h1-2,4-5H,3H2;/q;-1/p+1. The molecule has 1 heterocycles. The van der Waals surface area contributed by atoms with Gasteiger partial charge in [-0.3, -0.25) is 0 Å². The van der Waals surface area contributed by atoms with Crippen molar-refractivity contribution in [3.8, 4) is 0 Å². The van der Waals surface area contributed by atoms with Crippen molar-refractivity contribution in [2.24, 2.45) is 0 Å². The van der Waals surface area contributed by atoms with Gasteiger partial charge in [-0.15, -0.1) is 0 Å². The molecule has 2 nitrogen and oxygen atoms in total. The van der Waals surface area contributed by atoms with Crippen LogP contribution in [-0.2, 0) is 0 Å². The lowest BCUT2D eigenvalue weighted by Gasteiger charge is -1.94. The molecule has 1 aliphatic rings. The average Bonchev–Trinajstić information content (AvgIpc) is 2.07. The Kier molecular flexibility index (Phi) is 3.86. The third-order valence-electron chi connectivity index (χ3n) is 0.586. The third kappa shape index (κ3) is 15.7. The lowest BCUT2D eigenvalue weighted by molar-refractivity contribution is -0.686. The van der Waals surface area contributed by atoms with E-state index >= 15 is 0 Å². The molecular formula is C3H7BF4N2. The van der Waals surface area contributed by atoms with Crippen LogP contribution in [0.5, 0.6) is 0 Å². The Morgan fingerprint density at radius 1 is 1.30 bits per heavy atom. The Hall–Kier alpha value is -0.715. The number of quaternary nitrogens is 1. The number of rotatable bonds is 0. The molecule has 10 heavy (non-hydrogen) atoms. The van der Waals surface area contributed by atoms with E-state index in [1.807, 2.05) is 11.6 Å². The average molecular weight is 158 g/mol. The molecule has 0 saturated heterocycles. The minimum atomic E-state index is -6.00. The molecule has 0 fully saturated rings. The molecule has 0 aromatic heterocycles. The van der Waals surface area contributed by atoms with Crippen molar-refractivity contribution in [1.29, 1.82) is 0 Å². The van der Waals surface area contributed by atoms with E-state index in [9.17, 15) is 17.3 Å². The molecule has 0 unspecified atom stereocenters. The van der Waals surface area contributed by atoms with Gasteiger partial charge in [0.1, 0.15) is 6.54 Å². The quantitative estimate of drug-likeness (QED) is 0.287. The van der Waals surface area contributed by atoms with E-state index in [1.165, 1.54) is 0 Å². The van der Waals surface area contributed by atoms with Gasteiger partial charge >= 0.3 is 7.25 Å². The first-order chi connectivity index (χ1) is 4.50. The van der Waals surface area contributed by atoms with E-state index in [4.69, 9.17) is 0 Å². The fourth-order valence-electron chi connectivity index (χ4n) is 0.340. The maximum Gasteiger partial charge on any atom is 0.673 e. The van der Waals surface area contributed by atoms with Gasteiger partial charge in [-0.05, 0) is 6.08 Å². The van der Waals surface area contributed by atoms with Crippen molar-refractivity contribution >= 4 is 7.25 Å². The fraction of sp³-hybridized carbons (Fsp3) is 0.333. The highest BCUT2D eigenvalue weighted by molar-refractivity contribution is 6.50. The van der Waals surface area contributed by atoms with Crippen molar-refractivity contribution in [2.45, 2.75) is 0 Å². The van der Waals surface area contributed by atoms with E-state index in [0.29, 0.717) is 0 Å². The summed E-state index contributed by atoms with van der Waals surface area (Å²) < 4.78 is 39.0. The van der Waals surface area contributed by atoms with Gasteiger partial charge in [0.25, 0.3) is 0 Å². The topological polar surface area (TPSA) is 28.6 Å². The van der Waals surface area contributed by atoms with E-state index < -0.39 is 7.25 Å². The number of hydrogen-bond acceptors (Lipinski definition) is 1. The highest BCUT2D eigenvalue weighted by atomic mass is 19.5. The van der Waals surface area contributed by atoms with Crippen LogP contribution >= 0.6 is 0 Å². The molecule has 0 amide bonds. The molecule has 1 rings (SSSR count). The zero-order valence-electron chi connectivity index (χ0n) is 5.03. The van der Waals surface area contributed by atoms with Crippen LogP contribution in [0.4, 0.5) is 17.3 Å². The molecule has 1 aliphatic heterocycles. The van der Waals surface area contributed by atoms with Gasteiger partial charge in [-0.25, -0.2) is 10.9 Å². The lowest BCUT2D eigenvalue weighted by atomic mass is 10.3. The molecule has 3 N–H and O–H groups in total. The van der Waals surface area contributed by atoms with Crippen LogP contribution in [0.2, 0.25) is 0 Å². The SMILES string of the molecule is C1=CN[NH2+]C1.F[B-](F)(F)F. The smallest absolute Gasteiger partial charge is 0.418 e. The molecule has 7 heteroatoms. The van der Waals surface area contributed by atoms with Crippen LogP contribution in [-0.4, -0.2) is 13.8 Å². The van der Waals surface area contributed by atoms with Gasteiger partial charge in [-0.2, -0.15) is 0 Å². The van der Waals surface area contributed by atoms with Crippen molar-refractivity contribution in [3.63, 3.8) is 0 Å². The van der Waals surface area contributed by atoms with Crippen molar-refractivity contribution < 1.29 is 22.7 Å². The number of hydrogen-bond donors (Lipinski definition) is 2. The van der Waals surface area contributed by atoms with Crippen molar-refractivity contribution in [3.05, 3.63) is 12.3 Å². The molecule has 0 aliphatic carbocycles. The first kappa shape index (κ1) is 9.28. The van der Waals surface area contributed by atoms with Gasteiger partial charge in [0, 0.05) is 0 Å². The molecule has 60 valence electrons. The Labute approximate surface area is 55.4 Å². The Morgan fingerprint density at radius 3 is 1.90 bits per heavy atom. The van der Waals surface area contributed by atoms with Gasteiger partial charge in [0.2, 0.25) is 0 Å². The number of halogens is 4. The molecule has 0 radical (unpaired) electrons. The summed E-state index contributed by atoms with van der Waals surface area (Å²) in [6, 6.07) is 0. The first-order valence-electron chi connectivity index (χ1n) is 2.60. The minimum absolute atomic E-state index is 1.08. The maximum absolute atomic E-state index is 9.75. The predicted molar refractivity (Wildman–Crippen MR) is 29.3 cm³/mol. The zero-order valence-corrected chi connectivity index (χ0v) is 5.03. The molecular weight excluding hydrogens is 151 g/mol. The highest BCUT2D eigenvalue weighted by Crippen LogP contribution is 2.06. The van der Waals surface area contributed by atoms with Gasteiger partial charge in [0.05, 0.1) is 6.20 Å². The number of nitrogens with two attached hydrogens (primary N) is 1. The summed E-state index contributed by atoms with van der Waals surface area (Å²) in [6.45, 7) is 1.08. The molecule has 0 saturated carbocycles. The van der Waals surface area contributed by atoms with Crippen molar-refractivity contribution in [2.75, 3.05) is 6.54 Å². The highest BCUT2D eigenvalue weighted by Gasteiger charge is 2.20. The van der Waals surface area contributed by atoms with Crippen LogP contribution in [0.3, 0.4) is 0 Å². The summed E-state index contributed by atoms with van der Waals surface area (Å²) in [4.78, 5) is 0. The Bertz CT molecular complexity index is 99.6. The van der Waals surface area contributed by atoms with E-state index in [2.05, 4.69) is 11.5 Å². The van der Waals surface area contributed by atoms with E-state index in [1.54, 1.807) is 0 Å². The van der Waals surface area contributed by atoms with Gasteiger partial charge in [0.15, 0.2) is 0 Å². The second-order valence-corrected chi connectivity index (χ2v) is 1.50. The predicted octanol–water partition coefficient (Wildman–Crippen LogP) is -0.118. The summed E-state index contributed by atoms with van der Waals surface area (Å²) in [6.07, 6.45) is 4.00. The summed E-state index contributed by atoms with van der Waals surface area (Å²) in [5.41, 5.74) is 4.92. The van der Waals surface area contributed by atoms with E-state index in [0.717, 1.165) is 6.54 Å². The van der Waals surface area contributed by atoms with Crippen LogP contribution in [0.1, 0.15) is 0 Å². The first-order valence-corrected chi connectivity index (χ1v) is 2.60. The fourth-order valence-corrected chi connectivity index (χ4v) is 0.340. The zero-order chi connectivity index (χ0) is 8.04. The minimum Gasteiger partial charge on any atom is -0.418 e. The van der Waals surface area contributed by atoms with E-state index in [-0.39, 0.29) is 0 Å². The third-order valence-corrected chi connectivity index (χ3v) is 0.586. The Morgan fingerprint density at radius 2 is 1.80 bits per heavy atom.